The Morgan fingerprint density at radius 1 is 1.00 bits per heavy atom. The van der Waals surface area contributed by atoms with Crippen LogP contribution in [0.25, 0.3) is 10.8 Å². The second kappa shape index (κ2) is 6.21. The smallest absolute Gasteiger partial charge is 0.0669 e. The Morgan fingerprint density at radius 2 is 1.71 bits per heavy atom. The van der Waals surface area contributed by atoms with Gasteiger partial charge >= 0.3 is 0 Å². The summed E-state index contributed by atoms with van der Waals surface area (Å²) in [4.78, 5) is 2.65. The van der Waals surface area contributed by atoms with Crippen LogP contribution in [0.2, 0.25) is 0 Å². The lowest BCUT2D eigenvalue weighted by Crippen LogP contribution is -2.16. The van der Waals surface area contributed by atoms with Gasteiger partial charge in [0, 0.05) is 18.7 Å². The zero-order valence-corrected chi connectivity index (χ0v) is 15.8. The van der Waals surface area contributed by atoms with Crippen LogP contribution in [0.15, 0.2) is 51.4 Å². The first-order valence-electron chi connectivity index (χ1n) is 6.71. The van der Waals surface area contributed by atoms with E-state index in [1.54, 1.807) is 0 Å². The summed E-state index contributed by atoms with van der Waals surface area (Å²) in [6.07, 6.45) is 0. The average Bonchev–Trinajstić information content (AvgIpc) is 2.79. The first-order valence-corrected chi connectivity index (χ1v) is 9.11. The topological polar surface area (TPSA) is 12.0 Å². The number of hydrogen-bond acceptors (Lipinski definition) is 2. The molecule has 1 N–H and O–H groups in total. The van der Waals surface area contributed by atoms with Crippen molar-refractivity contribution in [2.45, 2.75) is 13.0 Å². The number of benzene rings is 2. The molecule has 0 radical (unpaired) electrons. The minimum atomic E-state index is 0.230. The van der Waals surface area contributed by atoms with Crippen LogP contribution in [0.4, 0.5) is 0 Å². The molecule has 1 nitrogen and oxygen atoms in total. The maximum absolute atomic E-state index is 3.61. The van der Waals surface area contributed by atoms with Crippen molar-refractivity contribution in [3.05, 3.63) is 66.7 Å². The van der Waals surface area contributed by atoms with Gasteiger partial charge in [-0.25, -0.2) is 0 Å². The lowest BCUT2D eigenvalue weighted by molar-refractivity contribution is 0.704. The molecule has 0 saturated heterocycles. The molecule has 0 aliphatic carbocycles. The Kier molecular flexibility index (Phi) is 4.50. The Morgan fingerprint density at radius 3 is 2.38 bits per heavy atom. The van der Waals surface area contributed by atoms with E-state index in [1.165, 1.54) is 30.6 Å². The predicted octanol–water partition coefficient (Wildman–Crippen LogP) is 6.04. The van der Waals surface area contributed by atoms with Gasteiger partial charge in [0.2, 0.25) is 0 Å². The number of aryl methyl sites for hydroxylation is 1. The van der Waals surface area contributed by atoms with E-state index in [2.05, 4.69) is 86.6 Å². The molecule has 1 aromatic heterocycles. The third kappa shape index (κ3) is 3.09. The summed E-state index contributed by atoms with van der Waals surface area (Å²) in [5.74, 6) is 0. The van der Waals surface area contributed by atoms with Crippen molar-refractivity contribution >= 4 is 54.0 Å². The molecule has 108 valence electrons. The van der Waals surface area contributed by atoms with Crippen LogP contribution in [-0.2, 0) is 0 Å². The first-order chi connectivity index (χ1) is 10.1. The van der Waals surface area contributed by atoms with Crippen LogP contribution in [0.3, 0.4) is 0 Å². The van der Waals surface area contributed by atoms with E-state index in [0.717, 1.165) is 4.47 Å². The normalized spacial score (nSPS) is 12.8. The van der Waals surface area contributed by atoms with Crippen molar-refractivity contribution in [2.75, 3.05) is 7.05 Å². The zero-order chi connectivity index (χ0) is 15.0. The largest absolute Gasteiger partial charge is 0.309 e. The van der Waals surface area contributed by atoms with Gasteiger partial charge in [-0.15, -0.1) is 11.3 Å². The van der Waals surface area contributed by atoms with Gasteiger partial charge in [0.05, 0.1) is 6.04 Å². The number of rotatable bonds is 3. The van der Waals surface area contributed by atoms with Gasteiger partial charge in [0.25, 0.3) is 0 Å². The Labute approximate surface area is 145 Å². The average molecular weight is 425 g/mol. The second-order valence-corrected chi connectivity index (χ2v) is 8.08. The lowest BCUT2D eigenvalue weighted by atomic mass is 10.0. The Hall–Kier alpha value is -0.680. The van der Waals surface area contributed by atoms with Crippen molar-refractivity contribution in [1.82, 2.24) is 5.32 Å². The van der Waals surface area contributed by atoms with Crippen LogP contribution >= 0.6 is 43.2 Å². The fraction of sp³-hybridized carbons (Fsp3) is 0.176. The lowest BCUT2D eigenvalue weighted by Gasteiger charge is -2.16. The monoisotopic (exact) mass is 423 g/mol. The molecule has 0 fully saturated rings. The first kappa shape index (κ1) is 15.2. The highest BCUT2D eigenvalue weighted by molar-refractivity contribution is 9.10. The number of thiophene rings is 1. The minimum absolute atomic E-state index is 0.230. The highest BCUT2D eigenvalue weighted by atomic mass is 79.9. The molecule has 0 amide bonds. The van der Waals surface area contributed by atoms with Gasteiger partial charge in [-0.1, -0.05) is 34.1 Å². The summed E-state index contributed by atoms with van der Waals surface area (Å²) in [5, 5.41) is 5.95. The third-order valence-corrected chi connectivity index (χ3v) is 6.30. The molecule has 0 aliphatic heterocycles. The zero-order valence-electron chi connectivity index (χ0n) is 11.8. The maximum Gasteiger partial charge on any atom is 0.0669 e. The SMILES string of the molecule is CNC(c1ccc2cc(Br)ccc2c1)c1cc(Br)c(C)s1. The van der Waals surface area contributed by atoms with Gasteiger partial charge in [-0.3, -0.25) is 0 Å². The molecule has 0 aliphatic rings. The number of fused-ring (bicyclic) bond motifs is 1. The van der Waals surface area contributed by atoms with Crippen molar-refractivity contribution in [3.63, 3.8) is 0 Å². The van der Waals surface area contributed by atoms with Crippen molar-refractivity contribution in [3.8, 4) is 0 Å². The van der Waals surface area contributed by atoms with Gasteiger partial charge < -0.3 is 5.32 Å². The number of nitrogens with one attached hydrogen (secondary N) is 1. The Bertz CT molecular complexity index is 775. The summed E-state index contributed by atoms with van der Waals surface area (Å²) in [6, 6.07) is 15.5. The van der Waals surface area contributed by atoms with E-state index >= 15 is 0 Å². The predicted molar refractivity (Wildman–Crippen MR) is 99.3 cm³/mol. The van der Waals surface area contributed by atoms with Crippen molar-refractivity contribution in [1.29, 1.82) is 0 Å². The molecular weight excluding hydrogens is 410 g/mol. The molecular formula is C17H15Br2NS. The summed E-state index contributed by atoms with van der Waals surface area (Å²) in [6.45, 7) is 2.14. The van der Waals surface area contributed by atoms with Gasteiger partial charge in [-0.05, 0) is 70.5 Å². The molecule has 2 aromatic carbocycles. The van der Waals surface area contributed by atoms with Gasteiger partial charge in [-0.2, -0.15) is 0 Å². The van der Waals surface area contributed by atoms with Crippen molar-refractivity contribution < 1.29 is 0 Å². The molecule has 0 spiro atoms. The van der Waals surface area contributed by atoms with Crippen LogP contribution < -0.4 is 5.32 Å². The van der Waals surface area contributed by atoms with E-state index in [9.17, 15) is 0 Å². The fourth-order valence-electron chi connectivity index (χ4n) is 2.51. The highest BCUT2D eigenvalue weighted by Gasteiger charge is 2.16. The van der Waals surface area contributed by atoms with E-state index < -0.39 is 0 Å². The Balaban J connectivity index is 2.06. The summed E-state index contributed by atoms with van der Waals surface area (Å²) < 4.78 is 2.30. The fourth-order valence-corrected chi connectivity index (χ4v) is 4.59. The van der Waals surface area contributed by atoms with E-state index in [1.807, 2.05) is 18.4 Å². The number of halogens is 2. The standard InChI is InChI=1S/C17H15Br2NS/c1-10-15(19)9-16(21-10)17(20-2)13-4-3-12-8-14(18)6-5-11(12)7-13/h3-9,17,20H,1-2H3. The molecule has 3 rings (SSSR count). The van der Waals surface area contributed by atoms with E-state index in [4.69, 9.17) is 0 Å². The molecule has 0 bridgehead atoms. The summed E-state index contributed by atoms with van der Waals surface area (Å²) in [7, 11) is 2.01. The molecule has 4 heteroatoms. The minimum Gasteiger partial charge on any atom is -0.309 e. The van der Waals surface area contributed by atoms with Crippen LogP contribution in [0.1, 0.15) is 21.4 Å². The van der Waals surface area contributed by atoms with Crippen LogP contribution in [0, 0.1) is 6.92 Å². The van der Waals surface area contributed by atoms with Gasteiger partial charge in [0.1, 0.15) is 0 Å². The maximum atomic E-state index is 3.61. The molecule has 21 heavy (non-hydrogen) atoms. The summed E-state index contributed by atoms with van der Waals surface area (Å²) in [5.41, 5.74) is 1.29. The number of hydrogen-bond donors (Lipinski definition) is 1. The third-order valence-electron chi connectivity index (χ3n) is 3.61. The van der Waals surface area contributed by atoms with Crippen LogP contribution in [-0.4, -0.2) is 7.05 Å². The van der Waals surface area contributed by atoms with E-state index in [0.29, 0.717) is 0 Å². The molecule has 1 heterocycles. The second-order valence-electron chi connectivity index (χ2n) is 5.03. The molecule has 1 unspecified atom stereocenters. The van der Waals surface area contributed by atoms with Gasteiger partial charge in [0.15, 0.2) is 0 Å². The van der Waals surface area contributed by atoms with Crippen LogP contribution in [0.5, 0.6) is 0 Å². The molecule has 0 saturated carbocycles. The van der Waals surface area contributed by atoms with E-state index in [-0.39, 0.29) is 6.04 Å². The molecule has 1 atom stereocenters. The van der Waals surface area contributed by atoms with Crippen molar-refractivity contribution in [2.24, 2.45) is 0 Å². The quantitative estimate of drug-likeness (QED) is 0.540. The molecule has 3 aromatic rings. The summed E-state index contributed by atoms with van der Waals surface area (Å²) >= 11 is 8.97. The highest BCUT2D eigenvalue weighted by Crippen LogP contribution is 2.34.